The van der Waals surface area contributed by atoms with Crippen molar-refractivity contribution in [2.24, 2.45) is 0 Å². The van der Waals surface area contributed by atoms with Crippen LogP contribution in [-0.4, -0.2) is 31.1 Å². The zero-order valence-corrected chi connectivity index (χ0v) is 10.2. The van der Waals surface area contributed by atoms with Gasteiger partial charge in [0.05, 0.1) is 13.2 Å². The Morgan fingerprint density at radius 2 is 2.12 bits per heavy atom. The molecule has 1 aliphatic rings. The molecule has 4 nitrogen and oxygen atoms in total. The van der Waals surface area contributed by atoms with Crippen molar-refractivity contribution >= 4 is 5.97 Å². The third-order valence-corrected chi connectivity index (χ3v) is 2.69. The van der Waals surface area contributed by atoms with Gasteiger partial charge in [0.25, 0.3) is 0 Å². The lowest BCUT2D eigenvalue weighted by Gasteiger charge is -2.24. The monoisotopic (exact) mass is 228 g/mol. The molecule has 0 amide bonds. The van der Waals surface area contributed by atoms with Gasteiger partial charge in [-0.25, -0.2) is 4.79 Å². The Hall–Kier alpha value is -0.870. The highest BCUT2D eigenvalue weighted by molar-refractivity contribution is 5.81. The molecule has 0 aromatic heterocycles. The van der Waals surface area contributed by atoms with Crippen molar-refractivity contribution in [2.75, 3.05) is 13.2 Å². The van der Waals surface area contributed by atoms with Crippen molar-refractivity contribution in [3.63, 3.8) is 0 Å². The average Bonchev–Trinajstić information content (AvgIpc) is 2.71. The minimum Gasteiger partial charge on any atom is -0.463 e. The Bertz CT molecular complexity index is 256. The molecule has 0 radical (unpaired) electrons. The number of esters is 1. The second-order valence-electron chi connectivity index (χ2n) is 3.70. The van der Waals surface area contributed by atoms with E-state index in [2.05, 4.69) is 0 Å². The standard InChI is InChI=1S/C12H20O4/c1-4-12(5-2)15-9-10(16-12)7-8-11(13)14-6-3/h7-8,10H,4-6,9H2,1-3H3/b8-7+/t10-/m0/s1. The Kier molecular flexibility index (Phi) is 4.96. The molecule has 0 spiro atoms. The number of ether oxygens (including phenoxy) is 3. The third kappa shape index (κ3) is 3.32. The molecule has 16 heavy (non-hydrogen) atoms. The molecular formula is C12H20O4. The van der Waals surface area contributed by atoms with Crippen molar-refractivity contribution in [1.29, 1.82) is 0 Å². The largest absolute Gasteiger partial charge is 0.463 e. The van der Waals surface area contributed by atoms with Gasteiger partial charge in [0.1, 0.15) is 6.10 Å². The first-order valence-electron chi connectivity index (χ1n) is 5.82. The number of hydrogen-bond acceptors (Lipinski definition) is 4. The van der Waals surface area contributed by atoms with Crippen LogP contribution < -0.4 is 0 Å². The Morgan fingerprint density at radius 1 is 1.44 bits per heavy atom. The summed E-state index contributed by atoms with van der Waals surface area (Å²) in [5.41, 5.74) is 0. The van der Waals surface area contributed by atoms with Crippen LogP contribution in [0.3, 0.4) is 0 Å². The van der Waals surface area contributed by atoms with E-state index in [1.165, 1.54) is 6.08 Å². The van der Waals surface area contributed by atoms with Gasteiger partial charge in [-0.05, 0) is 25.8 Å². The van der Waals surface area contributed by atoms with Gasteiger partial charge in [-0.3, -0.25) is 0 Å². The predicted molar refractivity (Wildman–Crippen MR) is 59.9 cm³/mol. The molecule has 1 rings (SSSR count). The van der Waals surface area contributed by atoms with Crippen molar-refractivity contribution in [3.8, 4) is 0 Å². The number of carbonyl (C=O) groups excluding carboxylic acids is 1. The molecule has 1 aliphatic heterocycles. The molecule has 1 atom stereocenters. The summed E-state index contributed by atoms with van der Waals surface area (Å²) in [7, 11) is 0. The summed E-state index contributed by atoms with van der Waals surface area (Å²) in [4.78, 5) is 11.1. The van der Waals surface area contributed by atoms with Crippen molar-refractivity contribution < 1.29 is 19.0 Å². The Morgan fingerprint density at radius 3 is 2.62 bits per heavy atom. The lowest BCUT2D eigenvalue weighted by Crippen LogP contribution is -2.28. The van der Waals surface area contributed by atoms with Crippen LogP contribution in [0.5, 0.6) is 0 Å². The van der Waals surface area contributed by atoms with Crippen LogP contribution in [0.2, 0.25) is 0 Å². The number of hydrogen-bond donors (Lipinski definition) is 0. The van der Waals surface area contributed by atoms with E-state index in [1.54, 1.807) is 13.0 Å². The average molecular weight is 228 g/mol. The highest BCUT2D eigenvalue weighted by Crippen LogP contribution is 2.30. The van der Waals surface area contributed by atoms with Gasteiger partial charge in [0.2, 0.25) is 0 Å². The molecule has 0 aromatic rings. The highest BCUT2D eigenvalue weighted by atomic mass is 16.7. The molecule has 1 heterocycles. The molecule has 0 aromatic carbocycles. The molecule has 0 unspecified atom stereocenters. The van der Waals surface area contributed by atoms with Gasteiger partial charge in [-0.15, -0.1) is 0 Å². The fourth-order valence-corrected chi connectivity index (χ4v) is 1.67. The summed E-state index contributed by atoms with van der Waals surface area (Å²) in [5.74, 6) is -0.805. The van der Waals surface area contributed by atoms with E-state index in [-0.39, 0.29) is 12.1 Å². The normalized spacial score (nSPS) is 23.8. The summed E-state index contributed by atoms with van der Waals surface area (Å²) in [5, 5.41) is 0. The van der Waals surface area contributed by atoms with Crippen LogP contribution in [0.15, 0.2) is 12.2 Å². The first-order valence-corrected chi connectivity index (χ1v) is 5.82. The van der Waals surface area contributed by atoms with E-state index >= 15 is 0 Å². The van der Waals surface area contributed by atoms with Crippen molar-refractivity contribution in [2.45, 2.75) is 45.5 Å². The fraction of sp³-hybridized carbons (Fsp3) is 0.750. The molecule has 0 aliphatic carbocycles. The van der Waals surface area contributed by atoms with Crippen molar-refractivity contribution in [3.05, 3.63) is 12.2 Å². The maximum absolute atomic E-state index is 11.1. The zero-order chi connectivity index (χ0) is 12.0. The molecule has 0 N–H and O–H groups in total. The molecule has 1 saturated heterocycles. The maximum Gasteiger partial charge on any atom is 0.330 e. The molecule has 0 bridgehead atoms. The third-order valence-electron chi connectivity index (χ3n) is 2.69. The first kappa shape index (κ1) is 13.2. The fourth-order valence-electron chi connectivity index (χ4n) is 1.67. The van der Waals surface area contributed by atoms with E-state index < -0.39 is 5.79 Å². The smallest absolute Gasteiger partial charge is 0.330 e. The zero-order valence-electron chi connectivity index (χ0n) is 10.2. The summed E-state index contributed by atoms with van der Waals surface area (Å²) in [6, 6.07) is 0. The van der Waals surface area contributed by atoms with Gasteiger partial charge in [0, 0.05) is 6.08 Å². The van der Waals surface area contributed by atoms with Gasteiger partial charge in [-0.2, -0.15) is 0 Å². The summed E-state index contributed by atoms with van der Waals surface area (Å²) < 4.78 is 16.2. The topological polar surface area (TPSA) is 44.8 Å². The van der Waals surface area contributed by atoms with Crippen LogP contribution in [0, 0.1) is 0 Å². The SMILES string of the molecule is CCOC(=O)/C=C/[C@H]1COC(CC)(CC)O1. The van der Waals surface area contributed by atoms with Crippen LogP contribution in [0.1, 0.15) is 33.6 Å². The van der Waals surface area contributed by atoms with Crippen LogP contribution in [0.25, 0.3) is 0 Å². The Labute approximate surface area is 96.6 Å². The van der Waals surface area contributed by atoms with Crippen LogP contribution >= 0.6 is 0 Å². The summed E-state index contributed by atoms with van der Waals surface area (Å²) in [6.07, 6.45) is 4.58. The van der Waals surface area contributed by atoms with E-state index in [9.17, 15) is 4.79 Å². The van der Waals surface area contributed by atoms with E-state index in [1.807, 2.05) is 13.8 Å². The lowest BCUT2D eigenvalue weighted by atomic mass is 10.1. The summed E-state index contributed by atoms with van der Waals surface area (Å²) in [6.45, 7) is 6.72. The summed E-state index contributed by atoms with van der Waals surface area (Å²) >= 11 is 0. The van der Waals surface area contributed by atoms with Gasteiger partial charge < -0.3 is 14.2 Å². The lowest BCUT2D eigenvalue weighted by molar-refractivity contribution is -0.167. The van der Waals surface area contributed by atoms with Crippen LogP contribution in [-0.2, 0) is 19.0 Å². The van der Waals surface area contributed by atoms with Gasteiger partial charge in [-0.1, -0.05) is 13.8 Å². The molecule has 92 valence electrons. The molecular weight excluding hydrogens is 208 g/mol. The predicted octanol–water partition coefficient (Wildman–Crippen LogP) is 2.04. The molecule has 0 saturated carbocycles. The van der Waals surface area contributed by atoms with Crippen molar-refractivity contribution in [1.82, 2.24) is 0 Å². The second-order valence-corrected chi connectivity index (χ2v) is 3.70. The second kappa shape index (κ2) is 6.01. The van der Waals surface area contributed by atoms with E-state index in [0.29, 0.717) is 13.2 Å². The van der Waals surface area contributed by atoms with E-state index in [0.717, 1.165) is 12.8 Å². The van der Waals surface area contributed by atoms with E-state index in [4.69, 9.17) is 14.2 Å². The minimum absolute atomic E-state index is 0.149. The number of carbonyl (C=O) groups is 1. The van der Waals surface area contributed by atoms with Crippen LogP contribution in [0.4, 0.5) is 0 Å². The number of rotatable bonds is 5. The highest BCUT2D eigenvalue weighted by Gasteiger charge is 2.37. The first-order chi connectivity index (χ1) is 7.65. The maximum atomic E-state index is 11.1. The Balaban J connectivity index is 2.44. The van der Waals surface area contributed by atoms with Gasteiger partial charge in [0.15, 0.2) is 5.79 Å². The minimum atomic E-state index is -0.469. The quantitative estimate of drug-likeness (QED) is 0.533. The molecule has 1 fully saturated rings. The molecule has 4 heteroatoms. The van der Waals surface area contributed by atoms with Gasteiger partial charge >= 0.3 is 5.97 Å².